The molecule has 0 aromatic heterocycles. The third-order valence-corrected chi connectivity index (χ3v) is 3.17. The first kappa shape index (κ1) is 14.8. The fourth-order valence-electron chi connectivity index (χ4n) is 1.97. The Hall–Kier alpha value is -2.63. The van der Waals surface area contributed by atoms with Gasteiger partial charge in [0.2, 0.25) is 0 Å². The molecule has 0 radical (unpaired) electrons. The van der Waals surface area contributed by atoms with Crippen molar-refractivity contribution in [2.45, 2.75) is 13.5 Å². The number of anilines is 1. The summed E-state index contributed by atoms with van der Waals surface area (Å²) < 4.78 is 18.4. The molecule has 2 aromatic rings. The number of ether oxygens (including phenoxy) is 1. The summed E-state index contributed by atoms with van der Waals surface area (Å²) in [6, 6.07) is 8.82. The molecule has 2 aromatic carbocycles. The lowest BCUT2D eigenvalue weighted by atomic mass is 10.1. The molecule has 0 fully saturated rings. The number of hydrogen-bond acceptors (Lipinski definition) is 4. The van der Waals surface area contributed by atoms with Crippen LogP contribution in [0.2, 0.25) is 0 Å². The van der Waals surface area contributed by atoms with Crippen LogP contribution in [0.3, 0.4) is 0 Å². The van der Waals surface area contributed by atoms with Crippen LogP contribution >= 0.6 is 0 Å². The molecule has 0 atom stereocenters. The maximum atomic E-state index is 13.2. The molecule has 0 saturated heterocycles. The monoisotopic (exact) mass is 290 g/mol. The number of benzene rings is 2. The largest absolute Gasteiger partial charge is 0.495 e. The van der Waals surface area contributed by atoms with Crippen LogP contribution < -0.4 is 10.1 Å². The van der Waals surface area contributed by atoms with E-state index < -0.39 is 4.92 Å². The van der Waals surface area contributed by atoms with Crippen molar-refractivity contribution in [2.24, 2.45) is 0 Å². The van der Waals surface area contributed by atoms with E-state index in [1.807, 2.05) is 6.92 Å². The summed E-state index contributed by atoms with van der Waals surface area (Å²) in [5.74, 6) is 0.179. The summed E-state index contributed by atoms with van der Waals surface area (Å²) in [6.07, 6.45) is 0. The first-order valence-corrected chi connectivity index (χ1v) is 6.32. The Morgan fingerprint density at radius 3 is 2.71 bits per heavy atom. The van der Waals surface area contributed by atoms with E-state index >= 15 is 0 Å². The molecule has 0 saturated carbocycles. The average molecular weight is 290 g/mol. The highest BCUT2D eigenvalue weighted by molar-refractivity contribution is 5.61. The summed E-state index contributed by atoms with van der Waals surface area (Å²) in [7, 11) is 1.49. The van der Waals surface area contributed by atoms with Gasteiger partial charge in [-0.05, 0) is 36.2 Å². The van der Waals surface area contributed by atoms with Gasteiger partial charge in [-0.2, -0.15) is 0 Å². The van der Waals surface area contributed by atoms with E-state index in [1.165, 1.54) is 37.4 Å². The van der Waals surface area contributed by atoms with E-state index in [0.717, 1.165) is 11.1 Å². The van der Waals surface area contributed by atoms with Gasteiger partial charge in [0.25, 0.3) is 5.69 Å². The van der Waals surface area contributed by atoms with Crippen molar-refractivity contribution in [3.05, 3.63) is 63.5 Å². The van der Waals surface area contributed by atoms with Crippen molar-refractivity contribution in [1.29, 1.82) is 0 Å². The van der Waals surface area contributed by atoms with E-state index in [0.29, 0.717) is 18.0 Å². The van der Waals surface area contributed by atoms with Crippen molar-refractivity contribution >= 4 is 11.4 Å². The zero-order valence-corrected chi connectivity index (χ0v) is 11.7. The Balaban J connectivity index is 2.24. The van der Waals surface area contributed by atoms with Crippen LogP contribution in [0.5, 0.6) is 5.75 Å². The smallest absolute Gasteiger partial charge is 0.271 e. The minimum Gasteiger partial charge on any atom is -0.495 e. The number of aryl methyl sites for hydroxylation is 1. The fourth-order valence-corrected chi connectivity index (χ4v) is 1.97. The molecule has 0 unspecified atom stereocenters. The van der Waals surface area contributed by atoms with Gasteiger partial charge >= 0.3 is 0 Å². The molecule has 2 rings (SSSR count). The second-order valence-electron chi connectivity index (χ2n) is 4.57. The summed E-state index contributed by atoms with van der Waals surface area (Å²) >= 11 is 0. The van der Waals surface area contributed by atoms with E-state index in [4.69, 9.17) is 4.74 Å². The molecular formula is C15H15FN2O3. The molecule has 0 aliphatic carbocycles. The minimum atomic E-state index is -0.474. The Bertz CT molecular complexity index is 674. The van der Waals surface area contributed by atoms with Crippen LogP contribution in [-0.2, 0) is 6.54 Å². The van der Waals surface area contributed by atoms with Crippen molar-refractivity contribution in [3.63, 3.8) is 0 Å². The van der Waals surface area contributed by atoms with E-state index in [1.54, 1.807) is 6.07 Å². The van der Waals surface area contributed by atoms with Gasteiger partial charge in [0.15, 0.2) is 0 Å². The molecule has 1 N–H and O–H groups in total. The molecule has 0 spiro atoms. The van der Waals surface area contributed by atoms with Gasteiger partial charge in [-0.15, -0.1) is 0 Å². The number of hydrogen-bond donors (Lipinski definition) is 1. The number of nitrogens with one attached hydrogen (secondary N) is 1. The molecule has 5 nitrogen and oxygen atoms in total. The molecule has 0 aliphatic heterocycles. The van der Waals surface area contributed by atoms with Crippen LogP contribution in [0.1, 0.15) is 11.1 Å². The zero-order chi connectivity index (χ0) is 15.4. The van der Waals surface area contributed by atoms with Crippen LogP contribution in [-0.4, -0.2) is 12.0 Å². The predicted octanol–water partition coefficient (Wildman–Crippen LogP) is 3.66. The van der Waals surface area contributed by atoms with Crippen LogP contribution in [0, 0.1) is 22.9 Å². The average Bonchev–Trinajstić information content (AvgIpc) is 2.47. The maximum absolute atomic E-state index is 13.2. The Morgan fingerprint density at radius 1 is 1.29 bits per heavy atom. The Morgan fingerprint density at radius 2 is 2.05 bits per heavy atom. The van der Waals surface area contributed by atoms with E-state index in [2.05, 4.69) is 5.32 Å². The topological polar surface area (TPSA) is 64.4 Å². The van der Waals surface area contributed by atoms with Gasteiger partial charge < -0.3 is 10.1 Å². The van der Waals surface area contributed by atoms with Gasteiger partial charge in [-0.25, -0.2) is 4.39 Å². The van der Waals surface area contributed by atoms with Crippen LogP contribution in [0.25, 0.3) is 0 Å². The summed E-state index contributed by atoms with van der Waals surface area (Å²) in [4.78, 5) is 10.3. The van der Waals surface area contributed by atoms with Crippen LogP contribution in [0.15, 0.2) is 36.4 Å². The van der Waals surface area contributed by atoms with Crippen LogP contribution in [0.4, 0.5) is 15.8 Å². The molecule has 0 aliphatic rings. The number of nitro groups is 1. The van der Waals surface area contributed by atoms with Crippen molar-refractivity contribution in [3.8, 4) is 5.75 Å². The highest BCUT2D eigenvalue weighted by Crippen LogP contribution is 2.29. The van der Waals surface area contributed by atoms with E-state index in [-0.39, 0.29) is 11.5 Å². The number of rotatable bonds is 5. The number of methoxy groups -OCH3 is 1. The number of nitrogens with zero attached hydrogens (tertiary/aromatic N) is 1. The number of non-ortho nitro benzene ring substituents is 1. The van der Waals surface area contributed by atoms with Gasteiger partial charge in [0.05, 0.1) is 17.7 Å². The molecule has 6 heteroatoms. The van der Waals surface area contributed by atoms with Crippen molar-refractivity contribution in [1.82, 2.24) is 0 Å². The SMILES string of the molecule is COc1ccc([N+](=O)[O-])cc1NCc1cc(F)ccc1C. The van der Waals surface area contributed by atoms with Gasteiger partial charge in [0, 0.05) is 18.7 Å². The third kappa shape index (κ3) is 3.47. The van der Waals surface area contributed by atoms with Gasteiger partial charge in [-0.3, -0.25) is 10.1 Å². The lowest BCUT2D eigenvalue weighted by molar-refractivity contribution is -0.384. The molecular weight excluding hydrogens is 275 g/mol. The molecule has 110 valence electrons. The molecule has 21 heavy (non-hydrogen) atoms. The Labute approximate surface area is 121 Å². The highest BCUT2D eigenvalue weighted by atomic mass is 19.1. The minimum absolute atomic E-state index is 0.0331. The lowest BCUT2D eigenvalue weighted by Crippen LogP contribution is -2.04. The first-order chi connectivity index (χ1) is 10.0. The standard InChI is InChI=1S/C15H15FN2O3/c1-10-3-4-12(16)7-11(10)9-17-14-8-13(18(19)20)5-6-15(14)21-2/h3-8,17H,9H2,1-2H3. The summed E-state index contributed by atoms with van der Waals surface area (Å²) in [5, 5.41) is 13.9. The second kappa shape index (κ2) is 6.21. The maximum Gasteiger partial charge on any atom is 0.271 e. The first-order valence-electron chi connectivity index (χ1n) is 6.32. The Kier molecular flexibility index (Phi) is 4.37. The second-order valence-corrected chi connectivity index (χ2v) is 4.57. The number of halogens is 1. The summed E-state index contributed by atoms with van der Waals surface area (Å²) in [5.41, 5.74) is 2.18. The number of nitro benzene ring substituents is 1. The summed E-state index contributed by atoms with van der Waals surface area (Å²) in [6.45, 7) is 2.22. The fraction of sp³-hybridized carbons (Fsp3) is 0.200. The highest BCUT2D eigenvalue weighted by Gasteiger charge is 2.11. The third-order valence-electron chi connectivity index (χ3n) is 3.17. The quantitative estimate of drug-likeness (QED) is 0.674. The van der Waals surface area contributed by atoms with Crippen molar-refractivity contribution in [2.75, 3.05) is 12.4 Å². The molecule has 0 bridgehead atoms. The van der Waals surface area contributed by atoms with Gasteiger partial charge in [-0.1, -0.05) is 6.07 Å². The van der Waals surface area contributed by atoms with E-state index in [9.17, 15) is 14.5 Å². The lowest BCUT2D eigenvalue weighted by Gasteiger charge is -2.12. The predicted molar refractivity (Wildman–Crippen MR) is 78.1 cm³/mol. The van der Waals surface area contributed by atoms with Crippen molar-refractivity contribution < 1.29 is 14.1 Å². The molecule has 0 amide bonds. The normalized spacial score (nSPS) is 10.2. The zero-order valence-electron chi connectivity index (χ0n) is 11.7. The molecule has 0 heterocycles. The van der Waals surface area contributed by atoms with Gasteiger partial charge in [0.1, 0.15) is 11.6 Å².